The first kappa shape index (κ1) is 17.0. The summed E-state index contributed by atoms with van der Waals surface area (Å²) in [5.41, 5.74) is 7.70. The zero-order valence-electron chi connectivity index (χ0n) is 14.3. The van der Waals surface area contributed by atoms with E-state index in [1.54, 1.807) is 25.1 Å². The molecular weight excluding hydrogens is 318 g/mol. The Morgan fingerprint density at radius 3 is 2.72 bits per heavy atom. The number of nitrogens with two attached hydrogens (primary N) is 1. The Hall–Kier alpha value is -2.83. The molecule has 2 aromatic rings. The number of anilines is 4. The lowest BCUT2D eigenvalue weighted by Gasteiger charge is -2.17. The van der Waals surface area contributed by atoms with Crippen molar-refractivity contribution >= 4 is 29.0 Å². The number of aromatic nitrogens is 2. The second-order valence-electron chi connectivity index (χ2n) is 6.00. The van der Waals surface area contributed by atoms with Crippen LogP contribution in [-0.4, -0.2) is 28.6 Å². The Morgan fingerprint density at radius 1 is 1.24 bits per heavy atom. The molecule has 1 fully saturated rings. The standard InChI is InChI=1S/C18H23N5O2/c1-2-25-18(24)13-9-5-6-10-14(13)23-17-15(19)16(20-11-21-17)22-12-7-3-4-8-12/h5-6,9-12H,2-4,7-8,19H2,1H3,(H2,20,21,22,23). The number of esters is 1. The maximum absolute atomic E-state index is 12.1. The lowest BCUT2D eigenvalue weighted by molar-refractivity contribution is 0.0527. The smallest absolute Gasteiger partial charge is 0.340 e. The highest BCUT2D eigenvalue weighted by Gasteiger charge is 2.18. The van der Waals surface area contributed by atoms with Crippen LogP contribution < -0.4 is 16.4 Å². The van der Waals surface area contributed by atoms with Gasteiger partial charge in [0, 0.05) is 6.04 Å². The van der Waals surface area contributed by atoms with Crippen molar-refractivity contribution in [2.45, 2.75) is 38.6 Å². The summed E-state index contributed by atoms with van der Waals surface area (Å²) < 4.78 is 5.09. The van der Waals surface area contributed by atoms with Crippen LogP contribution >= 0.6 is 0 Å². The van der Waals surface area contributed by atoms with Crippen LogP contribution in [0.15, 0.2) is 30.6 Å². The van der Waals surface area contributed by atoms with Gasteiger partial charge in [-0.05, 0) is 31.9 Å². The van der Waals surface area contributed by atoms with Gasteiger partial charge < -0.3 is 21.1 Å². The van der Waals surface area contributed by atoms with E-state index in [1.165, 1.54) is 19.2 Å². The SMILES string of the molecule is CCOC(=O)c1ccccc1Nc1ncnc(NC2CCCC2)c1N. The van der Waals surface area contributed by atoms with Gasteiger partial charge >= 0.3 is 5.97 Å². The van der Waals surface area contributed by atoms with Crippen molar-refractivity contribution in [3.8, 4) is 0 Å². The second kappa shape index (κ2) is 7.83. The monoisotopic (exact) mass is 341 g/mol. The number of nitrogens with one attached hydrogen (secondary N) is 2. The van der Waals surface area contributed by atoms with Crippen LogP contribution in [0.1, 0.15) is 43.0 Å². The predicted octanol–water partition coefficient (Wildman–Crippen LogP) is 3.33. The molecule has 0 spiro atoms. The zero-order chi connectivity index (χ0) is 17.6. The highest BCUT2D eigenvalue weighted by atomic mass is 16.5. The fourth-order valence-electron chi connectivity index (χ4n) is 2.98. The summed E-state index contributed by atoms with van der Waals surface area (Å²) >= 11 is 0. The molecular formula is C18H23N5O2. The van der Waals surface area contributed by atoms with E-state index < -0.39 is 0 Å². The topological polar surface area (TPSA) is 102 Å². The first-order valence-corrected chi connectivity index (χ1v) is 8.59. The van der Waals surface area contributed by atoms with Gasteiger partial charge in [-0.25, -0.2) is 14.8 Å². The fraction of sp³-hybridized carbons (Fsp3) is 0.389. The van der Waals surface area contributed by atoms with Gasteiger partial charge in [-0.1, -0.05) is 25.0 Å². The summed E-state index contributed by atoms with van der Waals surface area (Å²) in [5, 5.41) is 6.51. The number of nitrogens with zero attached hydrogens (tertiary/aromatic N) is 2. The Bertz CT molecular complexity index is 744. The molecule has 1 aromatic carbocycles. The molecule has 7 nitrogen and oxygen atoms in total. The van der Waals surface area contributed by atoms with Crippen molar-refractivity contribution in [2.75, 3.05) is 23.0 Å². The molecule has 0 unspecified atom stereocenters. The van der Waals surface area contributed by atoms with Crippen LogP contribution in [0.25, 0.3) is 0 Å². The number of nitrogen functional groups attached to an aromatic ring is 1. The minimum Gasteiger partial charge on any atom is -0.462 e. The maximum Gasteiger partial charge on any atom is 0.340 e. The number of hydrogen-bond acceptors (Lipinski definition) is 7. The number of carbonyl (C=O) groups excluding carboxylic acids is 1. The van der Waals surface area contributed by atoms with Crippen molar-refractivity contribution in [2.24, 2.45) is 0 Å². The molecule has 4 N–H and O–H groups in total. The van der Waals surface area contributed by atoms with Gasteiger partial charge in [0.05, 0.1) is 17.9 Å². The van der Waals surface area contributed by atoms with E-state index in [0.717, 1.165) is 12.8 Å². The number of ether oxygens (including phenoxy) is 1. The summed E-state index contributed by atoms with van der Waals surface area (Å²) in [6.45, 7) is 2.09. The summed E-state index contributed by atoms with van der Waals surface area (Å²) in [6.07, 6.45) is 6.15. The van der Waals surface area contributed by atoms with E-state index in [4.69, 9.17) is 10.5 Å². The van der Waals surface area contributed by atoms with Crippen LogP contribution in [0, 0.1) is 0 Å². The minimum absolute atomic E-state index is 0.318. The Morgan fingerprint density at radius 2 is 1.96 bits per heavy atom. The largest absolute Gasteiger partial charge is 0.462 e. The lowest BCUT2D eigenvalue weighted by Crippen LogP contribution is -2.17. The van der Waals surface area contributed by atoms with E-state index in [0.29, 0.717) is 41.2 Å². The van der Waals surface area contributed by atoms with Gasteiger partial charge in [0.2, 0.25) is 0 Å². The van der Waals surface area contributed by atoms with Crippen LogP contribution in [-0.2, 0) is 4.74 Å². The van der Waals surface area contributed by atoms with Gasteiger partial charge in [0.15, 0.2) is 11.6 Å². The molecule has 1 saturated carbocycles. The first-order valence-electron chi connectivity index (χ1n) is 8.59. The number of benzene rings is 1. The lowest BCUT2D eigenvalue weighted by atomic mass is 10.1. The van der Waals surface area contributed by atoms with E-state index >= 15 is 0 Å². The van der Waals surface area contributed by atoms with Gasteiger partial charge in [0.25, 0.3) is 0 Å². The maximum atomic E-state index is 12.1. The van der Waals surface area contributed by atoms with Crippen molar-refractivity contribution in [1.82, 2.24) is 9.97 Å². The van der Waals surface area contributed by atoms with Crippen LogP contribution in [0.5, 0.6) is 0 Å². The Kier molecular flexibility index (Phi) is 5.33. The summed E-state index contributed by atoms with van der Waals surface area (Å²) in [7, 11) is 0. The third-order valence-electron chi connectivity index (χ3n) is 4.26. The first-order chi connectivity index (χ1) is 12.2. The van der Waals surface area contributed by atoms with E-state index in [2.05, 4.69) is 20.6 Å². The molecule has 132 valence electrons. The van der Waals surface area contributed by atoms with Gasteiger partial charge in [0.1, 0.15) is 12.0 Å². The van der Waals surface area contributed by atoms with E-state index in [-0.39, 0.29) is 5.97 Å². The summed E-state index contributed by atoms with van der Waals surface area (Å²) in [4.78, 5) is 20.6. The predicted molar refractivity (Wildman–Crippen MR) is 98.0 cm³/mol. The molecule has 0 amide bonds. The number of carbonyl (C=O) groups is 1. The molecule has 7 heteroatoms. The molecule has 3 rings (SSSR count). The molecule has 1 aliphatic rings. The summed E-state index contributed by atoms with van der Waals surface area (Å²) in [5.74, 6) is 0.702. The normalized spacial score (nSPS) is 14.3. The van der Waals surface area contributed by atoms with Crippen LogP contribution in [0.3, 0.4) is 0 Å². The minimum atomic E-state index is -0.387. The molecule has 0 atom stereocenters. The van der Waals surface area contributed by atoms with Crippen LogP contribution in [0.2, 0.25) is 0 Å². The number of para-hydroxylation sites is 1. The van der Waals surface area contributed by atoms with Gasteiger partial charge in [-0.2, -0.15) is 0 Å². The van der Waals surface area contributed by atoms with Crippen molar-refractivity contribution in [3.05, 3.63) is 36.2 Å². The zero-order valence-corrected chi connectivity index (χ0v) is 14.3. The van der Waals surface area contributed by atoms with E-state index in [1.807, 2.05) is 6.07 Å². The highest BCUT2D eigenvalue weighted by Crippen LogP contribution is 2.30. The van der Waals surface area contributed by atoms with Crippen LogP contribution in [0.4, 0.5) is 23.0 Å². The number of rotatable bonds is 6. The third-order valence-corrected chi connectivity index (χ3v) is 4.26. The fourth-order valence-corrected chi connectivity index (χ4v) is 2.98. The van der Waals surface area contributed by atoms with Crippen molar-refractivity contribution in [1.29, 1.82) is 0 Å². The van der Waals surface area contributed by atoms with Crippen molar-refractivity contribution in [3.63, 3.8) is 0 Å². The van der Waals surface area contributed by atoms with Crippen molar-refractivity contribution < 1.29 is 9.53 Å². The molecule has 25 heavy (non-hydrogen) atoms. The summed E-state index contributed by atoms with van der Waals surface area (Å²) in [6, 6.07) is 7.51. The Balaban J connectivity index is 1.82. The molecule has 0 bridgehead atoms. The molecule has 1 aliphatic carbocycles. The molecule has 0 saturated heterocycles. The van der Waals surface area contributed by atoms with Gasteiger partial charge in [-0.15, -0.1) is 0 Å². The van der Waals surface area contributed by atoms with Gasteiger partial charge in [-0.3, -0.25) is 0 Å². The third kappa shape index (κ3) is 3.99. The molecule has 1 heterocycles. The van der Waals surface area contributed by atoms with E-state index in [9.17, 15) is 4.79 Å². The quantitative estimate of drug-likeness (QED) is 0.693. The average Bonchev–Trinajstić information content (AvgIpc) is 3.12. The molecule has 1 aromatic heterocycles. The highest BCUT2D eigenvalue weighted by molar-refractivity contribution is 5.97. The average molecular weight is 341 g/mol. The second-order valence-corrected chi connectivity index (χ2v) is 6.00. The number of hydrogen-bond donors (Lipinski definition) is 3. The molecule has 0 aliphatic heterocycles. The molecule has 0 radical (unpaired) electrons. The Labute approximate surface area is 147 Å².